The van der Waals surface area contributed by atoms with Crippen molar-refractivity contribution in [2.75, 3.05) is 6.61 Å². The van der Waals surface area contributed by atoms with Crippen LogP contribution in [0, 0.1) is 0 Å². The van der Waals surface area contributed by atoms with E-state index in [2.05, 4.69) is 17.3 Å². The van der Waals surface area contributed by atoms with E-state index < -0.39 is 0 Å². The lowest BCUT2D eigenvalue weighted by Gasteiger charge is -2.17. The van der Waals surface area contributed by atoms with Crippen molar-refractivity contribution in [2.45, 2.75) is 26.1 Å². The van der Waals surface area contributed by atoms with Gasteiger partial charge in [-0.1, -0.05) is 30.3 Å². The van der Waals surface area contributed by atoms with Crippen molar-refractivity contribution >= 4 is 0 Å². The van der Waals surface area contributed by atoms with Gasteiger partial charge in [0, 0.05) is 19.3 Å². The Kier molecular flexibility index (Phi) is 4.50. The van der Waals surface area contributed by atoms with Crippen molar-refractivity contribution in [1.82, 2.24) is 15.1 Å². The van der Waals surface area contributed by atoms with Gasteiger partial charge in [-0.3, -0.25) is 4.68 Å². The molecule has 2 N–H and O–H groups in total. The minimum Gasteiger partial charge on any atom is -0.394 e. The van der Waals surface area contributed by atoms with Crippen LogP contribution < -0.4 is 5.32 Å². The Bertz CT molecular complexity index is 467. The summed E-state index contributed by atoms with van der Waals surface area (Å²) in [5, 5.41) is 17.0. The minimum atomic E-state index is -0.0357. The number of hydrogen-bond acceptors (Lipinski definition) is 3. The van der Waals surface area contributed by atoms with Gasteiger partial charge in [-0.25, -0.2) is 0 Å². The van der Waals surface area contributed by atoms with Gasteiger partial charge in [-0.15, -0.1) is 0 Å². The van der Waals surface area contributed by atoms with Crippen LogP contribution in [0.2, 0.25) is 0 Å². The zero-order valence-electron chi connectivity index (χ0n) is 10.6. The molecular formula is C14H19N3O. The van der Waals surface area contributed by atoms with Crippen molar-refractivity contribution in [3.8, 4) is 0 Å². The zero-order valence-corrected chi connectivity index (χ0v) is 10.6. The van der Waals surface area contributed by atoms with Gasteiger partial charge in [0.15, 0.2) is 0 Å². The molecule has 1 aromatic carbocycles. The molecule has 0 spiro atoms. The van der Waals surface area contributed by atoms with E-state index in [4.69, 9.17) is 0 Å². The van der Waals surface area contributed by atoms with Crippen molar-refractivity contribution in [3.05, 3.63) is 53.9 Å². The first-order valence-electron chi connectivity index (χ1n) is 6.25. The normalized spacial score (nSPS) is 12.6. The Hall–Kier alpha value is -1.65. The summed E-state index contributed by atoms with van der Waals surface area (Å²) in [5.41, 5.74) is 2.23. The van der Waals surface area contributed by atoms with Gasteiger partial charge in [0.1, 0.15) is 0 Å². The van der Waals surface area contributed by atoms with Crippen molar-refractivity contribution in [1.29, 1.82) is 0 Å². The third-order valence-electron chi connectivity index (χ3n) is 3.02. The monoisotopic (exact) mass is 245 g/mol. The molecule has 0 fully saturated rings. The highest BCUT2D eigenvalue weighted by Gasteiger charge is 2.10. The molecule has 1 atom stereocenters. The molecule has 96 valence electrons. The summed E-state index contributed by atoms with van der Waals surface area (Å²) in [6.07, 6.45) is 1.80. The topological polar surface area (TPSA) is 50.1 Å². The van der Waals surface area contributed by atoms with Gasteiger partial charge in [0.2, 0.25) is 0 Å². The summed E-state index contributed by atoms with van der Waals surface area (Å²) >= 11 is 0. The van der Waals surface area contributed by atoms with Gasteiger partial charge in [-0.2, -0.15) is 5.10 Å². The zero-order chi connectivity index (χ0) is 12.8. The molecule has 1 aromatic heterocycles. The minimum absolute atomic E-state index is 0.0357. The van der Waals surface area contributed by atoms with Crippen LogP contribution in [0.15, 0.2) is 42.6 Å². The fraction of sp³-hybridized carbons (Fsp3) is 0.357. The lowest BCUT2D eigenvalue weighted by Crippen LogP contribution is -2.25. The molecule has 0 amide bonds. The molecule has 0 unspecified atom stereocenters. The summed E-state index contributed by atoms with van der Waals surface area (Å²) in [7, 11) is 0. The first-order valence-corrected chi connectivity index (χ1v) is 6.25. The average Bonchev–Trinajstić information content (AvgIpc) is 2.88. The predicted molar refractivity (Wildman–Crippen MR) is 71.0 cm³/mol. The van der Waals surface area contributed by atoms with Crippen LogP contribution in [-0.2, 0) is 13.1 Å². The molecule has 0 aliphatic carbocycles. The molecule has 0 bridgehead atoms. The second kappa shape index (κ2) is 6.33. The van der Waals surface area contributed by atoms with Crippen LogP contribution in [0.4, 0.5) is 0 Å². The lowest BCUT2D eigenvalue weighted by molar-refractivity contribution is 0.242. The summed E-state index contributed by atoms with van der Waals surface area (Å²) in [4.78, 5) is 0. The Balaban J connectivity index is 2.00. The Morgan fingerprint density at radius 3 is 2.72 bits per heavy atom. The fourth-order valence-corrected chi connectivity index (χ4v) is 2.00. The number of hydrogen-bond donors (Lipinski definition) is 2. The molecule has 2 aromatic rings. The van der Waals surface area contributed by atoms with Crippen LogP contribution in [0.5, 0.6) is 0 Å². The predicted octanol–water partition coefficient (Wildman–Crippen LogP) is 1.73. The smallest absolute Gasteiger partial charge is 0.0626 e. The van der Waals surface area contributed by atoms with E-state index in [1.807, 2.05) is 41.1 Å². The lowest BCUT2D eigenvalue weighted by atomic mass is 10.1. The van der Waals surface area contributed by atoms with Gasteiger partial charge in [-0.05, 0) is 18.6 Å². The standard InChI is InChI=1S/C14H19N3O/c1-2-17-13(8-9-16-17)10-15-14(11-18)12-6-4-3-5-7-12/h3-9,14-15,18H,2,10-11H2,1H3/t14-/m1/s1. The van der Waals surface area contributed by atoms with E-state index in [1.54, 1.807) is 6.20 Å². The summed E-state index contributed by atoms with van der Waals surface area (Å²) < 4.78 is 1.95. The Morgan fingerprint density at radius 2 is 2.06 bits per heavy atom. The quantitative estimate of drug-likeness (QED) is 0.815. The maximum atomic E-state index is 9.45. The second-order valence-electron chi connectivity index (χ2n) is 4.17. The van der Waals surface area contributed by atoms with Crippen LogP contribution in [-0.4, -0.2) is 21.5 Å². The molecule has 18 heavy (non-hydrogen) atoms. The molecule has 0 radical (unpaired) electrons. The van der Waals surface area contributed by atoms with Crippen LogP contribution in [0.25, 0.3) is 0 Å². The number of benzene rings is 1. The molecule has 0 saturated heterocycles. The van der Waals surface area contributed by atoms with E-state index in [9.17, 15) is 5.11 Å². The summed E-state index contributed by atoms with van der Waals surface area (Å²) in [5.74, 6) is 0. The van der Waals surface area contributed by atoms with Gasteiger partial charge in [0.05, 0.1) is 18.3 Å². The number of nitrogens with zero attached hydrogens (tertiary/aromatic N) is 2. The molecule has 2 rings (SSSR count). The van der Waals surface area contributed by atoms with Crippen molar-refractivity contribution in [2.24, 2.45) is 0 Å². The SMILES string of the molecule is CCn1nccc1CN[C@H](CO)c1ccccc1. The fourth-order valence-electron chi connectivity index (χ4n) is 2.00. The maximum absolute atomic E-state index is 9.45. The van der Waals surface area contributed by atoms with Crippen molar-refractivity contribution < 1.29 is 5.11 Å². The number of aliphatic hydroxyl groups excluding tert-OH is 1. The highest BCUT2D eigenvalue weighted by molar-refractivity contribution is 5.19. The maximum Gasteiger partial charge on any atom is 0.0626 e. The van der Waals surface area contributed by atoms with E-state index in [0.717, 1.165) is 17.8 Å². The summed E-state index contributed by atoms with van der Waals surface area (Å²) in [6, 6.07) is 11.9. The van der Waals surface area contributed by atoms with Gasteiger partial charge in [0.25, 0.3) is 0 Å². The van der Waals surface area contributed by atoms with Crippen molar-refractivity contribution in [3.63, 3.8) is 0 Å². The number of aromatic nitrogens is 2. The number of aryl methyl sites for hydroxylation is 1. The Morgan fingerprint density at radius 1 is 1.28 bits per heavy atom. The number of aliphatic hydroxyl groups is 1. The molecule has 0 aliphatic rings. The highest BCUT2D eigenvalue weighted by Crippen LogP contribution is 2.12. The summed E-state index contributed by atoms with van der Waals surface area (Å²) in [6.45, 7) is 3.72. The third kappa shape index (κ3) is 2.97. The van der Waals surface area contributed by atoms with Crippen LogP contribution in [0.1, 0.15) is 24.2 Å². The average molecular weight is 245 g/mol. The third-order valence-corrected chi connectivity index (χ3v) is 3.02. The molecular weight excluding hydrogens is 226 g/mol. The molecule has 0 saturated carbocycles. The Labute approximate surface area is 107 Å². The van der Waals surface area contributed by atoms with E-state index >= 15 is 0 Å². The van der Waals surface area contributed by atoms with E-state index in [-0.39, 0.29) is 12.6 Å². The van der Waals surface area contributed by atoms with E-state index in [0.29, 0.717) is 6.54 Å². The number of rotatable bonds is 6. The molecule has 1 heterocycles. The first kappa shape index (κ1) is 12.8. The van der Waals surface area contributed by atoms with Gasteiger partial charge >= 0.3 is 0 Å². The van der Waals surface area contributed by atoms with Crippen LogP contribution >= 0.6 is 0 Å². The van der Waals surface area contributed by atoms with E-state index in [1.165, 1.54) is 0 Å². The molecule has 0 aliphatic heterocycles. The molecule has 4 nitrogen and oxygen atoms in total. The van der Waals surface area contributed by atoms with Gasteiger partial charge < -0.3 is 10.4 Å². The highest BCUT2D eigenvalue weighted by atomic mass is 16.3. The van der Waals surface area contributed by atoms with Crippen LogP contribution in [0.3, 0.4) is 0 Å². The second-order valence-corrected chi connectivity index (χ2v) is 4.17. The largest absolute Gasteiger partial charge is 0.394 e. The first-order chi connectivity index (χ1) is 8.85. The molecule has 4 heteroatoms. The number of nitrogens with one attached hydrogen (secondary N) is 1.